The number of nitrogens with zero attached hydrogens (tertiary/aromatic N) is 3. The van der Waals surface area contributed by atoms with Crippen LogP contribution in [0.4, 0.5) is 4.79 Å². The summed E-state index contributed by atoms with van der Waals surface area (Å²) < 4.78 is 1.88. The molecular weight excluding hydrogens is 294 g/mol. The molecule has 1 heterocycles. The van der Waals surface area contributed by atoms with Crippen LogP contribution in [0.3, 0.4) is 0 Å². The van der Waals surface area contributed by atoms with Gasteiger partial charge in [0.05, 0.1) is 12.6 Å². The average molecular weight is 317 g/mol. The molecule has 3 N–H and O–H groups in total. The summed E-state index contributed by atoms with van der Waals surface area (Å²) in [6, 6.07) is 9.35. The average Bonchev–Trinajstić information content (AvgIpc) is 3.05. The van der Waals surface area contributed by atoms with Gasteiger partial charge in [-0.3, -0.25) is 0 Å². The number of rotatable bonds is 8. The third kappa shape index (κ3) is 5.07. The topological polar surface area (TPSA) is 92.1 Å². The van der Waals surface area contributed by atoms with Gasteiger partial charge in [-0.1, -0.05) is 30.3 Å². The van der Waals surface area contributed by atoms with Gasteiger partial charge in [0.15, 0.2) is 5.82 Å². The van der Waals surface area contributed by atoms with Crippen molar-refractivity contribution < 1.29 is 9.90 Å². The first kappa shape index (κ1) is 17.0. The van der Waals surface area contributed by atoms with E-state index in [1.807, 2.05) is 41.8 Å². The Bertz CT molecular complexity index is 600. The number of nitrogens with one attached hydrogen (secondary N) is 2. The molecule has 7 nitrogen and oxygen atoms in total. The molecule has 0 radical (unpaired) electrons. The molecule has 2 aromatic rings. The zero-order chi connectivity index (χ0) is 16.5. The monoisotopic (exact) mass is 317 g/mol. The van der Waals surface area contributed by atoms with Crippen LogP contribution in [0.25, 0.3) is 0 Å². The minimum atomic E-state index is -0.262. The second kappa shape index (κ2) is 8.89. The molecule has 1 unspecified atom stereocenters. The third-order valence-corrected chi connectivity index (χ3v) is 3.60. The Labute approximate surface area is 135 Å². The van der Waals surface area contributed by atoms with Crippen LogP contribution < -0.4 is 10.6 Å². The summed E-state index contributed by atoms with van der Waals surface area (Å²) in [6.07, 6.45) is 2.95. The van der Waals surface area contributed by atoms with Crippen LogP contribution >= 0.6 is 0 Å². The summed E-state index contributed by atoms with van der Waals surface area (Å²) in [5, 5.41) is 22.6. The van der Waals surface area contributed by atoms with Crippen molar-refractivity contribution in [1.29, 1.82) is 0 Å². The second-order valence-corrected chi connectivity index (χ2v) is 5.19. The van der Waals surface area contributed by atoms with Gasteiger partial charge in [0, 0.05) is 13.2 Å². The fraction of sp³-hybridized carbons (Fsp3) is 0.438. The van der Waals surface area contributed by atoms with Crippen LogP contribution in [0.15, 0.2) is 36.7 Å². The van der Waals surface area contributed by atoms with Crippen molar-refractivity contribution in [3.05, 3.63) is 48.0 Å². The lowest BCUT2D eigenvalue weighted by Gasteiger charge is -2.19. The lowest BCUT2D eigenvalue weighted by Crippen LogP contribution is -2.38. The van der Waals surface area contributed by atoms with Crippen molar-refractivity contribution in [2.45, 2.75) is 38.9 Å². The van der Waals surface area contributed by atoms with Crippen LogP contribution in [0.2, 0.25) is 0 Å². The predicted octanol–water partition coefficient (Wildman–Crippen LogP) is 1.61. The van der Waals surface area contributed by atoms with Crippen molar-refractivity contribution in [3.8, 4) is 0 Å². The van der Waals surface area contributed by atoms with Crippen LogP contribution in [0.5, 0.6) is 0 Å². The predicted molar refractivity (Wildman–Crippen MR) is 86.6 cm³/mol. The quantitative estimate of drug-likeness (QED) is 0.690. The summed E-state index contributed by atoms with van der Waals surface area (Å²) in [5.74, 6) is 0.717. The molecule has 1 aromatic heterocycles. The van der Waals surface area contributed by atoms with Gasteiger partial charge in [0.25, 0.3) is 0 Å². The van der Waals surface area contributed by atoms with Crippen LogP contribution in [-0.4, -0.2) is 32.5 Å². The number of aryl methyl sites for hydroxylation is 1. The molecule has 0 aliphatic heterocycles. The van der Waals surface area contributed by atoms with Crippen LogP contribution in [0.1, 0.15) is 37.2 Å². The van der Waals surface area contributed by atoms with Crippen molar-refractivity contribution >= 4 is 6.03 Å². The SMILES string of the molecule is CCn1cnnc1CNC(=O)NC(CCCO)c1ccccc1. The highest BCUT2D eigenvalue weighted by Crippen LogP contribution is 2.17. The number of benzene rings is 1. The van der Waals surface area contributed by atoms with E-state index in [0.717, 1.165) is 12.1 Å². The van der Waals surface area contributed by atoms with Gasteiger partial charge in [-0.05, 0) is 25.3 Å². The molecule has 2 amide bonds. The molecule has 0 saturated carbocycles. The van der Waals surface area contributed by atoms with Gasteiger partial charge in [0.1, 0.15) is 6.33 Å². The smallest absolute Gasteiger partial charge is 0.315 e. The Morgan fingerprint density at radius 1 is 1.35 bits per heavy atom. The highest BCUT2D eigenvalue weighted by atomic mass is 16.3. The van der Waals surface area contributed by atoms with Gasteiger partial charge in [0.2, 0.25) is 0 Å². The second-order valence-electron chi connectivity index (χ2n) is 5.19. The van der Waals surface area contributed by atoms with Crippen molar-refractivity contribution in [2.24, 2.45) is 0 Å². The molecule has 1 aromatic carbocycles. The number of aliphatic hydroxyl groups excluding tert-OH is 1. The van der Waals surface area contributed by atoms with Gasteiger partial charge < -0.3 is 20.3 Å². The van der Waals surface area contributed by atoms with Crippen LogP contribution in [-0.2, 0) is 13.1 Å². The molecule has 7 heteroatoms. The van der Waals surface area contributed by atoms with E-state index in [-0.39, 0.29) is 18.7 Å². The Morgan fingerprint density at radius 3 is 2.83 bits per heavy atom. The summed E-state index contributed by atoms with van der Waals surface area (Å²) >= 11 is 0. The van der Waals surface area contributed by atoms with E-state index in [1.54, 1.807) is 6.33 Å². The van der Waals surface area contributed by atoms with Gasteiger partial charge in [-0.2, -0.15) is 0 Å². The van der Waals surface area contributed by atoms with E-state index < -0.39 is 0 Å². The molecule has 1 atom stereocenters. The minimum Gasteiger partial charge on any atom is -0.396 e. The first-order valence-corrected chi connectivity index (χ1v) is 7.81. The van der Waals surface area contributed by atoms with Crippen molar-refractivity contribution in [2.75, 3.05) is 6.61 Å². The highest BCUT2D eigenvalue weighted by molar-refractivity contribution is 5.74. The molecule has 2 rings (SSSR count). The number of aromatic nitrogens is 3. The van der Waals surface area contributed by atoms with Crippen molar-refractivity contribution in [3.63, 3.8) is 0 Å². The van der Waals surface area contributed by atoms with Gasteiger partial charge in [-0.15, -0.1) is 10.2 Å². The van der Waals surface area contributed by atoms with E-state index in [1.165, 1.54) is 0 Å². The molecule has 23 heavy (non-hydrogen) atoms. The molecule has 0 aliphatic carbocycles. The summed E-state index contributed by atoms with van der Waals surface area (Å²) in [4.78, 5) is 12.1. The van der Waals surface area contributed by atoms with E-state index >= 15 is 0 Å². The number of hydrogen-bond donors (Lipinski definition) is 3. The number of carbonyl (C=O) groups excluding carboxylic acids is 1. The van der Waals surface area contributed by atoms with E-state index in [9.17, 15) is 4.79 Å². The maximum Gasteiger partial charge on any atom is 0.315 e. The maximum atomic E-state index is 12.1. The lowest BCUT2D eigenvalue weighted by atomic mass is 10.0. The largest absolute Gasteiger partial charge is 0.396 e. The molecular formula is C16H23N5O2. The number of urea groups is 1. The minimum absolute atomic E-state index is 0.103. The third-order valence-electron chi connectivity index (χ3n) is 3.60. The normalized spacial score (nSPS) is 11.9. The van der Waals surface area contributed by atoms with E-state index in [4.69, 9.17) is 5.11 Å². The number of carbonyl (C=O) groups is 1. The molecule has 0 fully saturated rings. The number of hydrogen-bond acceptors (Lipinski definition) is 4. The summed E-state index contributed by atoms with van der Waals surface area (Å²) in [7, 11) is 0. The summed E-state index contributed by atoms with van der Waals surface area (Å²) in [6.45, 7) is 3.18. The molecule has 124 valence electrons. The molecule has 0 spiro atoms. The lowest BCUT2D eigenvalue weighted by molar-refractivity contribution is 0.232. The summed E-state index contributed by atoms with van der Waals surface area (Å²) in [5.41, 5.74) is 1.02. The van der Waals surface area contributed by atoms with Gasteiger partial charge >= 0.3 is 6.03 Å². The fourth-order valence-corrected chi connectivity index (χ4v) is 2.35. The molecule has 0 saturated heterocycles. The first-order chi connectivity index (χ1) is 11.2. The number of aliphatic hydroxyl groups is 1. The Balaban J connectivity index is 1.92. The fourth-order valence-electron chi connectivity index (χ4n) is 2.35. The van der Waals surface area contributed by atoms with E-state index in [0.29, 0.717) is 25.2 Å². The number of amides is 2. The first-order valence-electron chi connectivity index (χ1n) is 7.81. The zero-order valence-electron chi connectivity index (χ0n) is 13.3. The molecule has 0 aliphatic rings. The Hall–Kier alpha value is -2.41. The zero-order valence-corrected chi connectivity index (χ0v) is 13.3. The van der Waals surface area contributed by atoms with Crippen LogP contribution in [0, 0.1) is 0 Å². The Morgan fingerprint density at radius 2 is 2.13 bits per heavy atom. The van der Waals surface area contributed by atoms with Crippen molar-refractivity contribution in [1.82, 2.24) is 25.4 Å². The molecule has 0 bridgehead atoms. The van der Waals surface area contributed by atoms with E-state index in [2.05, 4.69) is 20.8 Å². The standard InChI is InChI=1S/C16H23N5O2/c1-2-21-12-18-20-15(21)11-17-16(23)19-14(9-6-10-22)13-7-4-3-5-8-13/h3-5,7-8,12,14,22H,2,6,9-11H2,1H3,(H2,17,19,23). The highest BCUT2D eigenvalue weighted by Gasteiger charge is 2.14. The van der Waals surface area contributed by atoms with Gasteiger partial charge in [-0.25, -0.2) is 4.79 Å². The maximum absolute atomic E-state index is 12.1. The Kier molecular flexibility index (Phi) is 6.56.